The number of hydrogen-bond donors (Lipinski definition) is 3. The summed E-state index contributed by atoms with van der Waals surface area (Å²) in [5, 5.41) is 8.81. The molecule has 0 saturated heterocycles. The molecule has 1 unspecified atom stereocenters. The molecule has 0 fully saturated rings. The van der Waals surface area contributed by atoms with Crippen LogP contribution in [0, 0.1) is 5.92 Å². The molecule has 0 amide bonds. The molecule has 6 heteroatoms. The highest BCUT2D eigenvalue weighted by Gasteiger charge is 2.14. The van der Waals surface area contributed by atoms with Gasteiger partial charge in [0.2, 0.25) is 10.0 Å². The molecule has 0 aliphatic rings. The molecule has 0 saturated carbocycles. The average molecular weight is 258 g/mol. The molecule has 0 aliphatic heterocycles. The van der Waals surface area contributed by atoms with E-state index in [4.69, 9.17) is 10.8 Å². The second kappa shape index (κ2) is 6.00. The second-order valence-corrected chi connectivity index (χ2v) is 5.90. The third-order valence-corrected chi connectivity index (χ3v) is 3.66. The van der Waals surface area contributed by atoms with E-state index in [1.807, 2.05) is 0 Å². The van der Waals surface area contributed by atoms with Gasteiger partial charge < -0.3 is 10.8 Å². The van der Waals surface area contributed by atoms with Gasteiger partial charge in [0.25, 0.3) is 0 Å². The Morgan fingerprint density at radius 1 is 1.41 bits per heavy atom. The Hall–Kier alpha value is -1.11. The second-order valence-electron chi connectivity index (χ2n) is 4.09. The van der Waals surface area contributed by atoms with Gasteiger partial charge in [-0.15, -0.1) is 0 Å². The maximum atomic E-state index is 11.7. The maximum absolute atomic E-state index is 11.7. The summed E-state index contributed by atoms with van der Waals surface area (Å²) in [4.78, 5) is 0. The first kappa shape index (κ1) is 14.0. The summed E-state index contributed by atoms with van der Waals surface area (Å²) in [6.45, 7) is 1.95. The lowest BCUT2D eigenvalue weighted by Crippen LogP contribution is -2.30. The van der Waals surface area contributed by atoms with Gasteiger partial charge in [0.05, 0.1) is 5.75 Å². The Bertz CT molecular complexity index is 460. The van der Waals surface area contributed by atoms with Crippen LogP contribution < -0.4 is 10.5 Å². The van der Waals surface area contributed by atoms with Gasteiger partial charge in [-0.25, -0.2) is 13.1 Å². The lowest BCUT2D eigenvalue weighted by molar-refractivity contribution is 0.238. The molecular weight excluding hydrogens is 240 g/mol. The summed E-state index contributed by atoms with van der Waals surface area (Å²) in [7, 11) is -3.40. The zero-order valence-electron chi connectivity index (χ0n) is 9.76. The normalized spacial score (nSPS) is 13.5. The number of aliphatic hydroxyl groups is 1. The minimum Gasteiger partial charge on any atom is -0.398 e. The quantitative estimate of drug-likeness (QED) is 0.641. The monoisotopic (exact) mass is 258 g/mol. The molecule has 1 aromatic carbocycles. The van der Waals surface area contributed by atoms with E-state index >= 15 is 0 Å². The number of benzene rings is 1. The molecule has 0 heterocycles. The highest BCUT2D eigenvalue weighted by Crippen LogP contribution is 2.13. The summed E-state index contributed by atoms with van der Waals surface area (Å²) in [6.07, 6.45) is 0. The van der Waals surface area contributed by atoms with Crippen molar-refractivity contribution in [2.45, 2.75) is 12.7 Å². The fourth-order valence-electron chi connectivity index (χ4n) is 1.26. The van der Waals surface area contributed by atoms with Crippen LogP contribution in [0.15, 0.2) is 24.3 Å². The molecule has 96 valence electrons. The lowest BCUT2D eigenvalue weighted by atomic mass is 10.2. The predicted octanol–water partition coefficient (Wildman–Crippen LogP) is 0.317. The minimum absolute atomic E-state index is 0.0456. The number of hydrogen-bond acceptors (Lipinski definition) is 4. The van der Waals surface area contributed by atoms with Crippen molar-refractivity contribution in [1.29, 1.82) is 0 Å². The van der Waals surface area contributed by atoms with Crippen molar-refractivity contribution in [3.63, 3.8) is 0 Å². The van der Waals surface area contributed by atoms with Crippen LogP contribution in [0.4, 0.5) is 5.69 Å². The molecule has 1 rings (SSSR count). The average Bonchev–Trinajstić information content (AvgIpc) is 2.29. The van der Waals surface area contributed by atoms with Crippen molar-refractivity contribution in [2.24, 2.45) is 5.92 Å². The van der Waals surface area contributed by atoms with Gasteiger partial charge >= 0.3 is 0 Å². The third kappa shape index (κ3) is 4.72. The summed E-state index contributed by atoms with van der Waals surface area (Å²) >= 11 is 0. The molecule has 0 radical (unpaired) electrons. The van der Waals surface area contributed by atoms with E-state index in [1.54, 1.807) is 31.2 Å². The molecular formula is C11H18N2O3S. The Labute approximate surface area is 102 Å². The highest BCUT2D eigenvalue weighted by molar-refractivity contribution is 7.88. The number of anilines is 1. The van der Waals surface area contributed by atoms with Crippen molar-refractivity contribution in [2.75, 3.05) is 18.9 Å². The molecule has 0 aromatic heterocycles. The van der Waals surface area contributed by atoms with Gasteiger partial charge in [-0.1, -0.05) is 25.1 Å². The molecule has 1 atom stereocenters. The fourth-order valence-corrected chi connectivity index (χ4v) is 2.57. The van der Waals surface area contributed by atoms with Gasteiger partial charge in [0.15, 0.2) is 0 Å². The van der Waals surface area contributed by atoms with Gasteiger partial charge in [0.1, 0.15) is 0 Å². The van der Waals surface area contributed by atoms with Crippen molar-refractivity contribution < 1.29 is 13.5 Å². The van der Waals surface area contributed by atoms with Crippen LogP contribution in [0.3, 0.4) is 0 Å². The number of sulfonamides is 1. The largest absolute Gasteiger partial charge is 0.398 e. The number of aliphatic hydroxyl groups excluding tert-OH is 1. The van der Waals surface area contributed by atoms with E-state index < -0.39 is 10.0 Å². The van der Waals surface area contributed by atoms with E-state index in [0.29, 0.717) is 11.3 Å². The van der Waals surface area contributed by atoms with Gasteiger partial charge in [-0.05, 0) is 17.5 Å². The number of para-hydroxylation sites is 1. The van der Waals surface area contributed by atoms with Crippen LogP contribution in [-0.2, 0) is 15.8 Å². The summed E-state index contributed by atoms with van der Waals surface area (Å²) in [5.41, 5.74) is 6.72. The molecule has 0 spiro atoms. The molecule has 0 bridgehead atoms. The van der Waals surface area contributed by atoms with E-state index in [0.717, 1.165) is 0 Å². The Morgan fingerprint density at radius 3 is 2.65 bits per heavy atom. The topological polar surface area (TPSA) is 92.4 Å². The van der Waals surface area contributed by atoms with Crippen molar-refractivity contribution in [3.05, 3.63) is 29.8 Å². The van der Waals surface area contributed by atoms with E-state index in [2.05, 4.69) is 4.72 Å². The van der Waals surface area contributed by atoms with Crippen molar-refractivity contribution in [3.8, 4) is 0 Å². The minimum atomic E-state index is -3.40. The highest BCUT2D eigenvalue weighted by atomic mass is 32.2. The Morgan fingerprint density at radius 2 is 2.06 bits per heavy atom. The lowest BCUT2D eigenvalue weighted by Gasteiger charge is -2.11. The smallest absolute Gasteiger partial charge is 0.215 e. The first-order chi connectivity index (χ1) is 7.94. The van der Waals surface area contributed by atoms with Crippen LogP contribution in [0.25, 0.3) is 0 Å². The van der Waals surface area contributed by atoms with E-state index in [1.165, 1.54) is 0 Å². The van der Waals surface area contributed by atoms with E-state index in [9.17, 15) is 8.42 Å². The van der Waals surface area contributed by atoms with Crippen molar-refractivity contribution >= 4 is 15.7 Å². The summed E-state index contributed by atoms with van der Waals surface area (Å²) in [6, 6.07) is 6.86. The summed E-state index contributed by atoms with van der Waals surface area (Å²) in [5.74, 6) is -0.240. The standard InChI is InChI=1S/C11H18N2O3S/c1-9(7-14)6-13-17(15,16)8-10-4-2-3-5-11(10)12/h2-5,9,13-14H,6-8,12H2,1H3. The van der Waals surface area contributed by atoms with Crippen LogP contribution in [0.1, 0.15) is 12.5 Å². The molecule has 5 nitrogen and oxygen atoms in total. The molecule has 17 heavy (non-hydrogen) atoms. The number of nitrogen functional groups attached to an aromatic ring is 1. The van der Waals surface area contributed by atoms with Gasteiger partial charge in [-0.3, -0.25) is 0 Å². The zero-order chi connectivity index (χ0) is 12.9. The van der Waals surface area contributed by atoms with Crippen LogP contribution >= 0.6 is 0 Å². The van der Waals surface area contributed by atoms with E-state index in [-0.39, 0.29) is 24.8 Å². The molecule has 1 aromatic rings. The SMILES string of the molecule is CC(CO)CNS(=O)(=O)Cc1ccccc1N. The maximum Gasteiger partial charge on any atom is 0.215 e. The Balaban J connectivity index is 2.64. The number of nitrogens with one attached hydrogen (secondary N) is 1. The summed E-state index contributed by atoms with van der Waals surface area (Å²) < 4.78 is 25.9. The van der Waals surface area contributed by atoms with Crippen LogP contribution in [0.5, 0.6) is 0 Å². The fraction of sp³-hybridized carbons (Fsp3) is 0.455. The predicted molar refractivity (Wildman–Crippen MR) is 67.7 cm³/mol. The van der Waals surface area contributed by atoms with Gasteiger partial charge in [0, 0.05) is 18.8 Å². The first-order valence-electron chi connectivity index (χ1n) is 5.36. The molecule has 0 aliphatic carbocycles. The number of nitrogens with two attached hydrogens (primary N) is 1. The van der Waals surface area contributed by atoms with Crippen LogP contribution in [-0.4, -0.2) is 26.7 Å². The van der Waals surface area contributed by atoms with Crippen LogP contribution in [0.2, 0.25) is 0 Å². The Kier molecular flexibility index (Phi) is 4.92. The number of rotatable bonds is 6. The molecule has 4 N–H and O–H groups in total. The van der Waals surface area contributed by atoms with Gasteiger partial charge in [-0.2, -0.15) is 0 Å². The first-order valence-corrected chi connectivity index (χ1v) is 7.01. The third-order valence-electron chi connectivity index (χ3n) is 2.36. The van der Waals surface area contributed by atoms with Crippen molar-refractivity contribution in [1.82, 2.24) is 4.72 Å². The zero-order valence-corrected chi connectivity index (χ0v) is 10.6.